The van der Waals surface area contributed by atoms with Gasteiger partial charge >= 0.3 is 11.6 Å². The van der Waals surface area contributed by atoms with Gasteiger partial charge in [-0.2, -0.15) is 0 Å². The van der Waals surface area contributed by atoms with E-state index < -0.39 is 11.6 Å². The first-order valence-corrected chi connectivity index (χ1v) is 4.49. The highest BCUT2D eigenvalue weighted by Crippen LogP contribution is 2.12. The molecule has 15 heavy (non-hydrogen) atoms. The van der Waals surface area contributed by atoms with E-state index in [1.807, 2.05) is 0 Å². The highest BCUT2D eigenvalue weighted by atomic mass is 16.5. The number of carboxylic acids is 1. The van der Waals surface area contributed by atoms with Crippen LogP contribution in [0.25, 0.3) is 10.9 Å². The molecule has 2 aromatic rings. The van der Waals surface area contributed by atoms with Crippen LogP contribution in [0.3, 0.4) is 0 Å². The molecular formula is C10H9NO4. The molecule has 1 heterocycles. The Hall–Kier alpha value is -2.04. The molecule has 0 aliphatic rings. The maximum atomic E-state index is 11.1. The van der Waals surface area contributed by atoms with E-state index in [2.05, 4.69) is 9.68 Å². The van der Waals surface area contributed by atoms with Crippen molar-refractivity contribution >= 4 is 16.9 Å². The molecule has 5 heteroatoms. The molecule has 0 atom stereocenters. The molecule has 2 N–H and O–H groups in total. The van der Waals surface area contributed by atoms with Crippen molar-refractivity contribution in [3.63, 3.8) is 0 Å². The molecule has 5 nitrogen and oxygen atoms in total. The van der Waals surface area contributed by atoms with Crippen LogP contribution < -0.4 is 5.63 Å². The monoisotopic (exact) mass is 207 g/mol. The van der Waals surface area contributed by atoms with E-state index in [4.69, 9.17) is 5.11 Å². The van der Waals surface area contributed by atoms with Crippen LogP contribution in [0, 0.1) is 0 Å². The number of aryl methyl sites for hydroxylation is 1. The molecule has 0 fully saturated rings. The summed E-state index contributed by atoms with van der Waals surface area (Å²) in [5.41, 5.74) is 1.06. The molecule has 0 unspecified atom stereocenters. The second-order valence-corrected chi connectivity index (χ2v) is 3.27. The lowest BCUT2D eigenvalue weighted by Gasteiger charge is -1.97. The molecule has 1 aromatic carbocycles. The number of aromatic amines is 1. The van der Waals surface area contributed by atoms with E-state index in [-0.39, 0.29) is 6.42 Å². The Morgan fingerprint density at radius 3 is 3.00 bits per heavy atom. The van der Waals surface area contributed by atoms with Crippen molar-refractivity contribution in [3.8, 4) is 0 Å². The largest absolute Gasteiger partial charge is 0.481 e. The predicted octanol–water partition coefficient (Wildman–Crippen LogP) is 1.14. The molecule has 0 bridgehead atoms. The van der Waals surface area contributed by atoms with Crippen LogP contribution in [-0.4, -0.2) is 16.2 Å². The minimum absolute atomic E-state index is 0.0770. The number of benzene rings is 1. The summed E-state index contributed by atoms with van der Waals surface area (Å²) in [7, 11) is 0. The third-order valence-corrected chi connectivity index (χ3v) is 2.19. The summed E-state index contributed by atoms with van der Waals surface area (Å²) in [4.78, 5) is 21.4. The van der Waals surface area contributed by atoms with Crippen molar-refractivity contribution in [2.75, 3.05) is 0 Å². The van der Waals surface area contributed by atoms with Crippen LogP contribution in [0.15, 0.2) is 27.5 Å². The lowest BCUT2D eigenvalue weighted by atomic mass is 10.1. The highest BCUT2D eigenvalue weighted by Gasteiger charge is 2.04. The fourth-order valence-corrected chi connectivity index (χ4v) is 1.42. The summed E-state index contributed by atoms with van der Waals surface area (Å²) in [6, 6.07) is 5.09. The van der Waals surface area contributed by atoms with Gasteiger partial charge in [-0.05, 0) is 24.1 Å². The number of fused-ring (bicyclic) bond motifs is 1. The van der Waals surface area contributed by atoms with Crippen LogP contribution in [0.4, 0.5) is 0 Å². The lowest BCUT2D eigenvalue weighted by molar-refractivity contribution is -0.136. The summed E-state index contributed by atoms with van der Waals surface area (Å²) in [5, 5.41) is 11.5. The molecule has 0 aliphatic carbocycles. The van der Waals surface area contributed by atoms with E-state index in [1.165, 1.54) is 0 Å². The maximum absolute atomic E-state index is 11.1. The Balaban J connectivity index is 2.31. The van der Waals surface area contributed by atoms with E-state index in [1.54, 1.807) is 18.2 Å². The molecule has 2 rings (SSSR count). The quantitative estimate of drug-likeness (QED) is 0.790. The van der Waals surface area contributed by atoms with Gasteiger partial charge in [-0.25, -0.2) is 9.95 Å². The zero-order chi connectivity index (χ0) is 10.8. The van der Waals surface area contributed by atoms with Gasteiger partial charge in [0.2, 0.25) is 0 Å². The number of aromatic nitrogens is 1. The van der Waals surface area contributed by atoms with Crippen LogP contribution in [0.2, 0.25) is 0 Å². The van der Waals surface area contributed by atoms with Crippen molar-refractivity contribution in [2.24, 2.45) is 0 Å². The molecular weight excluding hydrogens is 198 g/mol. The normalized spacial score (nSPS) is 10.7. The van der Waals surface area contributed by atoms with Crippen LogP contribution in [0.5, 0.6) is 0 Å². The molecule has 1 aromatic heterocycles. The summed E-state index contributed by atoms with van der Waals surface area (Å²) in [6.45, 7) is 0. The van der Waals surface area contributed by atoms with E-state index in [9.17, 15) is 9.59 Å². The number of hydrogen-bond donors (Lipinski definition) is 2. The predicted molar refractivity (Wildman–Crippen MR) is 52.8 cm³/mol. The van der Waals surface area contributed by atoms with Crippen molar-refractivity contribution in [1.82, 2.24) is 5.16 Å². The Kier molecular flexibility index (Phi) is 2.29. The van der Waals surface area contributed by atoms with Gasteiger partial charge in [0.05, 0.1) is 10.9 Å². The van der Waals surface area contributed by atoms with Crippen molar-refractivity contribution < 1.29 is 14.4 Å². The molecule has 0 aliphatic heterocycles. The van der Waals surface area contributed by atoms with Gasteiger partial charge in [-0.15, -0.1) is 0 Å². The number of carboxylic acid groups (broad SMARTS) is 1. The summed E-state index contributed by atoms with van der Waals surface area (Å²) in [6.07, 6.45) is 0.520. The summed E-state index contributed by atoms with van der Waals surface area (Å²) < 4.78 is 4.60. The Morgan fingerprint density at radius 1 is 1.47 bits per heavy atom. The molecule has 0 saturated carbocycles. The average Bonchev–Trinajstić information content (AvgIpc) is 2.57. The standard InChI is InChI=1S/C10H9NO4/c12-9(13)4-2-6-1-3-7-8(5-6)11-15-10(7)14/h1,3,5,11H,2,4H2,(H,12,13). The second kappa shape index (κ2) is 3.61. The zero-order valence-electron chi connectivity index (χ0n) is 7.82. The van der Waals surface area contributed by atoms with Gasteiger partial charge in [-0.3, -0.25) is 4.79 Å². The fourth-order valence-electron chi connectivity index (χ4n) is 1.42. The number of carbonyl (C=O) groups is 1. The molecule has 78 valence electrons. The van der Waals surface area contributed by atoms with Crippen molar-refractivity contribution in [2.45, 2.75) is 12.8 Å². The Morgan fingerprint density at radius 2 is 2.27 bits per heavy atom. The minimum Gasteiger partial charge on any atom is -0.481 e. The topological polar surface area (TPSA) is 83.3 Å². The SMILES string of the molecule is O=C(O)CCc1ccc2c(=O)o[nH]c2c1. The second-order valence-electron chi connectivity index (χ2n) is 3.27. The van der Waals surface area contributed by atoms with Crippen molar-refractivity contribution in [1.29, 1.82) is 0 Å². The smallest absolute Gasteiger partial charge is 0.365 e. The summed E-state index contributed by atoms with van der Waals surface area (Å²) >= 11 is 0. The van der Waals surface area contributed by atoms with Gasteiger partial charge in [-0.1, -0.05) is 6.07 Å². The maximum Gasteiger partial charge on any atom is 0.365 e. The van der Waals surface area contributed by atoms with Crippen molar-refractivity contribution in [3.05, 3.63) is 34.2 Å². The Bertz CT molecular complexity index is 552. The van der Waals surface area contributed by atoms with Gasteiger partial charge in [0, 0.05) is 6.42 Å². The number of H-pyrrole nitrogens is 1. The highest BCUT2D eigenvalue weighted by molar-refractivity contribution is 5.77. The summed E-state index contributed by atoms with van der Waals surface area (Å²) in [5.74, 6) is -0.837. The van der Waals surface area contributed by atoms with Gasteiger partial charge in [0.25, 0.3) is 0 Å². The average molecular weight is 207 g/mol. The van der Waals surface area contributed by atoms with Gasteiger partial charge in [0.1, 0.15) is 0 Å². The van der Waals surface area contributed by atoms with Crippen LogP contribution in [0.1, 0.15) is 12.0 Å². The first kappa shape index (κ1) is 9.51. The fraction of sp³-hybridized carbons (Fsp3) is 0.200. The molecule has 0 amide bonds. The third kappa shape index (κ3) is 1.90. The van der Waals surface area contributed by atoms with Gasteiger partial charge in [0.15, 0.2) is 0 Å². The molecule has 0 spiro atoms. The third-order valence-electron chi connectivity index (χ3n) is 2.19. The lowest BCUT2D eigenvalue weighted by Crippen LogP contribution is -1.97. The van der Waals surface area contributed by atoms with Gasteiger partial charge < -0.3 is 9.63 Å². The van der Waals surface area contributed by atoms with E-state index >= 15 is 0 Å². The minimum atomic E-state index is -0.837. The Labute approximate surface area is 84.3 Å². The first-order chi connectivity index (χ1) is 7.16. The van der Waals surface area contributed by atoms with Crippen LogP contribution >= 0.6 is 0 Å². The zero-order valence-corrected chi connectivity index (χ0v) is 7.82. The van der Waals surface area contributed by atoms with Crippen LogP contribution in [-0.2, 0) is 11.2 Å². The molecule has 0 radical (unpaired) electrons. The number of aliphatic carboxylic acids is 1. The number of rotatable bonds is 3. The van der Waals surface area contributed by atoms with E-state index in [0.29, 0.717) is 17.3 Å². The first-order valence-electron chi connectivity index (χ1n) is 4.49. The molecule has 0 saturated heterocycles. The van der Waals surface area contributed by atoms with E-state index in [0.717, 1.165) is 5.56 Å². The number of hydrogen-bond acceptors (Lipinski definition) is 3. The number of nitrogens with one attached hydrogen (secondary N) is 1.